The fraction of sp³-hybridized carbons (Fsp3) is 0.444. The van der Waals surface area contributed by atoms with Gasteiger partial charge in [0.1, 0.15) is 5.69 Å². The number of hydrogen-bond donors (Lipinski definition) is 1. The molecule has 0 saturated carbocycles. The van der Waals surface area contributed by atoms with E-state index >= 15 is 0 Å². The van der Waals surface area contributed by atoms with E-state index in [2.05, 4.69) is 15.4 Å². The normalized spacial score (nSPS) is 18.0. The number of hydrogen-bond acceptors (Lipinski definition) is 5. The fourth-order valence-electron chi connectivity index (χ4n) is 3.30. The summed E-state index contributed by atoms with van der Waals surface area (Å²) in [7, 11) is 0. The monoisotopic (exact) mass is 376 g/mol. The Bertz CT molecular complexity index is 807. The summed E-state index contributed by atoms with van der Waals surface area (Å²) in [6, 6.07) is 7.01. The number of carbonyl (C=O) groups is 2. The molecule has 1 aliphatic rings. The maximum atomic E-state index is 13.1. The summed E-state index contributed by atoms with van der Waals surface area (Å²) >= 11 is 6.05. The summed E-state index contributed by atoms with van der Waals surface area (Å²) in [5.74, 6) is -0.891. The minimum atomic E-state index is -0.529. The summed E-state index contributed by atoms with van der Waals surface area (Å²) in [5, 5.41) is 11.1. The Hall–Kier alpha value is -2.41. The van der Waals surface area contributed by atoms with E-state index in [9.17, 15) is 9.59 Å². The van der Waals surface area contributed by atoms with Gasteiger partial charge >= 0.3 is 5.97 Å². The zero-order valence-corrected chi connectivity index (χ0v) is 15.5. The maximum absolute atomic E-state index is 13.1. The highest BCUT2D eigenvalue weighted by Gasteiger charge is 2.37. The van der Waals surface area contributed by atoms with Gasteiger partial charge in [0, 0.05) is 11.6 Å². The van der Waals surface area contributed by atoms with Gasteiger partial charge in [-0.1, -0.05) is 23.7 Å². The average Bonchev–Trinajstić information content (AvgIpc) is 3.29. The summed E-state index contributed by atoms with van der Waals surface area (Å²) < 4.78 is 5.03. The van der Waals surface area contributed by atoms with Crippen LogP contribution in [0.2, 0.25) is 5.02 Å². The topological polar surface area (TPSA) is 88.2 Å². The van der Waals surface area contributed by atoms with E-state index in [-0.39, 0.29) is 30.2 Å². The molecule has 1 aliphatic heterocycles. The van der Waals surface area contributed by atoms with Gasteiger partial charge in [-0.15, -0.1) is 5.10 Å². The second kappa shape index (κ2) is 7.86. The first-order valence-corrected chi connectivity index (χ1v) is 9.04. The SMILES string of the molecule is CCOC(=O)c1n[nH]nc1C1CCCN1C(=O)C(C)c1cccc(Cl)c1. The van der Waals surface area contributed by atoms with Crippen molar-refractivity contribution in [3.63, 3.8) is 0 Å². The van der Waals surface area contributed by atoms with Crippen molar-refractivity contribution in [1.82, 2.24) is 20.3 Å². The predicted molar refractivity (Wildman–Crippen MR) is 95.9 cm³/mol. The minimum Gasteiger partial charge on any atom is -0.461 e. The number of benzene rings is 1. The molecule has 7 nitrogen and oxygen atoms in total. The molecule has 2 heterocycles. The Balaban J connectivity index is 1.83. The van der Waals surface area contributed by atoms with Crippen molar-refractivity contribution in [2.24, 2.45) is 0 Å². The zero-order chi connectivity index (χ0) is 18.7. The van der Waals surface area contributed by atoms with Gasteiger partial charge in [-0.05, 0) is 44.4 Å². The second-order valence-electron chi connectivity index (χ2n) is 6.24. The lowest BCUT2D eigenvalue weighted by molar-refractivity contribution is -0.133. The Morgan fingerprint density at radius 2 is 2.23 bits per heavy atom. The van der Waals surface area contributed by atoms with Crippen LogP contribution in [0.15, 0.2) is 24.3 Å². The van der Waals surface area contributed by atoms with E-state index in [0.29, 0.717) is 17.3 Å². The molecule has 1 aromatic heterocycles. The quantitative estimate of drug-likeness (QED) is 0.810. The minimum absolute atomic E-state index is 0.0208. The van der Waals surface area contributed by atoms with Crippen LogP contribution in [-0.4, -0.2) is 45.3 Å². The first kappa shape index (κ1) is 18.4. The number of ether oxygens (including phenoxy) is 1. The van der Waals surface area contributed by atoms with Crippen LogP contribution < -0.4 is 0 Å². The van der Waals surface area contributed by atoms with Crippen molar-refractivity contribution >= 4 is 23.5 Å². The van der Waals surface area contributed by atoms with E-state index in [1.807, 2.05) is 19.1 Å². The molecule has 138 valence electrons. The van der Waals surface area contributed by atoms with Crippen LogP contribution in [0.1, 0.15) is 60.4 Å². The molecule has 1 amide bonds. The number of aromatic amines is 1. The summed E-state index contributed by atoms with van der Waals surface area (Å²) in [6.45, 7) is 4.46. The molecular formula is C18H21ClN4O3. The van der Waals surface area contributed by atoms with Gasteiger partial charge in [-0.25, -0.2) is 4.79 Å². The molecule has 26 heavy (non-hydrogen) atoms. The highest BCUT2D eigenvalue weighted by Crippen LogP contribution is 2.35. The van der Waals surface area contributed by atoms with Crippen molar-refractivity contribution in [3.8, 4) is 0 Å². The number of H-pyrrole nitrogens is 1. The van der Waals surface area contributed by atoms with E-state index in [1.165, 1.54) is 0 Å². The number of carbonyl (C=O) groups excluding carboxylic acids is 2. The number of nitrogens with zero attached hydrogens (tertiary/aromatic N) is 3. The molecule has 1 N–H and O–H groups in total. The number of amides is 1. The molecule has 0 aliphatic carbocycles. The Morgan fingerprint density at radius 1 is 1.42 bits per heavy atom. The van der Waals surface area contributed by atoms with Crippen LogP contribution in [0.5, 0.6) is 0 Å². The van der Waals surface area contributed by atoms with E-state index < -0.39 is 5.97 Å². The third kappa shape index (κ3) is 3.58. The van der Waals surface area contributed by atoms with Gasteiger partial charge in [-0.3, -0.25) is 4.79 Å². The van der Waals surface area contributed by atoms with Crippen LogP contribution in [-0.2, 0) is 9.53 Å². The summed E-state index contributed by atoms with van der Waals surface area (Å²) in [4.78, 5) is 26.9. The maximum Gasteiger partial charge on any atom is 0.360 e. The number of aromatic nitrogens is 3. The predicted octanol–water partition coefficient (Wildman–Crippen LogP) is 3.10. The zero-order valence-electron chi connectivity index (χ0n) is 14.7. The van der Waals surface area contributed by atoms with Crippen LogP contribution in [0.3, 0.4) is 0 Å². The molecule has 1 saturated heterocycles. The van der Waals surface area contributed by atoms with Crippen molar-refractivity contribution < 1.29 is 14.3 Å². The summed E-state index contributed by atoms with van der Waals surface area (Å²) in [6.07, 6.45) is 1.57. The van der Waals surface area contributed by atoms with Gasteiger partial charge in [-0.2, -0.15) is 10.3 Å². The number of esters is 1. The van der Waals surface area contributed by atoms with Crippen molar-refractivity contribution in [2.75, 3.05) is 13.2 Å². The molecule has 1 fully saturated rings. The van der Waals surface area contributed by atoms with Gasteiger partial charge in [0.15, 0.2) is 5.69 Å². The van der Waals surface area contributed by atoms with E-state index in [0.717, 1.165) is 18.4 Å². The van der Waals surface area contributed by atoms with Gasteiger partial charge < -0.3 is 9.64 Å². The standard InChI is InChI=1S/C18H21ClN4O3/c1-3-26-18(25)16-15(20-22-21-16)14-8-5-9-23(14)17(24)11(2)12-6-4-7-13(19)10-12/h4,6-7,10-11,14H,3,5,8-9H2,1-2H3,(H,20,21,22). The average molecular weight is 377 g/mol. The number of rotatable bonds is 5. The molecule has 0 spiro atoms. The third-order valence-corrected chi connectivity index (χ3v) is 4.85. The molecule has 8 heteroatoms. The molecular weight excluding hydrogens is 356 g/mol. The van der Waals surface area contributed by atoms with E-state index in [4.69, 9.17) is 16.3 Å². The van der Waals surface area contributed by atoms with Crippen molar-refractivity contribution in [2.45, 2.75) is 38.6 Å². The molecule has 2 unspecified atom stereocenters. The number of halogens is 1. The molecule has 2 aromatic rings. The second-order valence-corrected chi connectivity index (χ2v) is 6.68. The first-order valence-electron chi connectivity index (χ1n) is 8.66. The highest BCUT2D eigenvalue weighted by molar-refractivity contribution is 6.30. The van der Waals surface area contributed by atoms with Crippen LogP contribution in [0.4, 0.5) is 0 Å². The van der Waals surface area contributed by atoms with Crippen LogP contribution >= 0.6 is 11.6 Å². The lowest BCUT2D eigenvalue weighted by Gasteiger charge is -2.27. The summed E-state index contributed by atoms with van der Waals surface area (Å²) in [5.41, 5.74) is 1.47. The lowest BCUT2D eigenvalue weighted by atomic mass is 9.99. The van der Waals surface area contributed by atoms with Gasteiger partial charge in [0.2, 0.25) is 5.91 Å². The molecule has 1 aromatic carbocycles. The van der Waals surface area contributed by atoms with Crippen molar-refractivity contribution in [3.05, 3.63) is 46.2 Å². The fourth-order valence-corrected chi connectivity index (χ4v) is 3.50. The largest absolute Gasteiger partial charge is 0.461 e. The van der Waals surface area contributed by atoms with Gasteiger partial charge in [0.25, 0.3) is 0 Å². The molecule has 3 rings (SSSR count). The Labute approximate surface area is 156 Å². The van der Waals surface area contributed by atoms with Crippen LogP contribution in [0.25, 0.3) is 0 Å². The molecule has 2 atom stereocenters. The molecule has 0 bridgehead atoms. The Kier molecular flexibility index (Phi) is 5.56. The smallest absolute Gasteiger partial charge is 0.360 e. The lowest BCUT2D eigenvalue weighted by Crippen LogP contribution is -2.34. The van der Waals surface area contributed by atoms with E-state index in [1.54, 1.807) is 24.0 Å². The first-order chi connectivity index (χ1) is 12.5. The van der Waals surface area contributed by atoms with Crippen LogP contribution in [0, 0.1) is 0 Å². The number of likely N-dealkylation sites (tertiary alicyclic amines) is 1. The van der Waals surface area contributed by atoms with Gasteiger partial charge in [0.05, 0.1) is 18.6 Å². The highest BCUT2D eigenvalue weighted by atomic mass is 35.5. The Morgan fingerprint density at radius 3 is 2.96 bits per heavy atom. The molecule has 0 radical (unpaired) electrons. The van der Waals surface area contributed by atoms with Crippen molar-refractivity contribution in [1.29, 1.82) is 0 Å². The third-order valence-electron chi connectivity index (χ3n) is 4.61. The number of nitrogens with one attached hydrogen (secondary N) is 1.